The minimum absolute atomic E-state index is 0.290. The number of pyridine rings is 1. The maximum absolute atomic E-state index is 9.82. The lowest BCUT2D eigenvalue weighted by Crippen LogP contribution is -2.30. The van der Waals surface area contributed by atoms with Crippen molar-refractivity contribution < 1.29 is 14.5 Å². The molecule has 0 aliphatic heterocycles. The number of hydrogen-bond donors (Lipinski definition) is 0. The van der Waals surface area contributed by atoms with E-state index in [9.17, 15) is 5.26 Å². The van der Waals surface area contributed by atoms with Crippen molar-refractivity contribution in [1.29, 1.82) is 5.26 Å². The molecule has 0 aliphatic carbocycles. The molecule has 0 amide bonds. The highest BCUT2D eigenvalue weighted by Gasteiger charge is 2.24. The molecular weight excluding hydrogens is 332 g/mol. The molecule has 2 heterocycles. The number of fused-ring (bicyclic) bond motifs is 3. The van der Waals surface area contributed by atoms with Gasteiger partial charge in [0.1, 0.15) is 18.2 Å². The molecule has 1 atom stereocenters. The van der Waals surface area contributed by atoms with Gasteiger partial charge in [0.2, 0.25) is 5.69 Å². The standard InChI is InChI=1S/C24H23N2O/c1-14(2)20-16(4)12-17(13-25)22-18-10-9-15(3)21(23(18)27-24(20)22)19-8-6-7-11-26(19)5/h6-12,14H,1-5H3/q+1/i1D3,14D. The Morgan fingerprint density at radius 3 is 2.70 bits per heavy atom. The number of aryl methyl sites for hydroxylation is 3. The average molecular weight is 359 g/mol. The fourth-order valence-corrected chi connectivity index (χ4v) is 3.90. The molecule has 0 aliphatic rings. The normalized spacial score (nSPS) is 16.3. The van der Waals surface area contributed by atoms with Gasteiger partial charge in [-0.05, 0) is 43.0 Å². The van der Waals surface area contributed by atoms with Crippen LogP contribution in [-0.2, 0) is 7.05 Å². The van der Waals surface area contributed by atoms with Crippen LogP contribution in [0, 0.1) is 25.2 Å². The van der Waals surface area contributed by atoms with Gasteiger partial charge in [0.25, 0.3) is 0 Å². The minimum atomic E-state index is -2.57. The van der Waals surface area contributed by atoms with Crippen LogP contribution in [0.25, 0.3) is 33.2 Å². The third-order valence-electron chi connectivity index (χ3n) is 5.12. The highest BCUT2D eigenvalue weighted by Crippen LogP contribution is 2.41. The predicted molar refractivity (Wildman–Crippen MR) is 109 cm³/mol. The minimum Gasteiger partial charge on any atom is -0.455 e. The van der Waals surface area contributed by atoms with Crippen LogP contribution in [-0.4, -0.2) is 0 Å². The van der Waals surface area contributed by atoms with Gasteiger partial charge in [-0.25, -0.2) is 4.57 Å². The van der Waals surface area contributed by atoms with Crippen molar-refractivity contribution in [3.8, 4) is 17.3 Å². The summed E-state index contributed by atoms with van der Waals surface area (Å²) < 4.78 is 40.9. The van der Waals surface area contributed by atoms with Crippen LogP contribution in [0.1, 0.15) is 47.4 Å². The van der Waals surface area contributed by atoms with E-state index >= 15 is 0 Å². The van der Waals surface area contributed by atoms with Gasteiger partial charge in [-0.2, -0.15) is 5.26 Å². The Hall–Kier alpha value is -3.12. The summed E-state index contributed by atoms with van der Waals surface area (Å²) in [6.07, 6.45) is 1.95. The zero-order chi connectivity index (χ0) is 22.7. The number of hydrogen-bond acceptors (Lipinski definition) is 2. The second-order valence-electron chi connectivity index (χ2n) is 6.99. The Labute approximate surface area is 165 Å². The van der Waals surface area contributed by atoms with E-state index < -0.39 is 12.7 Å². The summed E-state index contributed by atoms with van der Waals surface area (Å²) in [7, 11) is 1.95. The first-order valence-corrected chi connectivity index (χ1v) is 8.84. The molecule has 0 saturated carbocycles. The van der Waals surface area contributed by atoms with E-state index in [0.29, 0.717) is 33.2 Å². The number of nitriles is 1. The topological polar surface area (TPSA) is 40.8 Å². The molecule has 134 valence electrons. The summed E-state index contributed by atoms with van der Waals surface area (Å²) in [5, 5.41) is 11.1. The molecule has 2 aromatic heterocycles. The van der Waals surface area contributed by atoms with Crippen molar-refractivity contribution in [1.82, 2.24) is 0 Å². The lowest BCUT2D eigenvalue weighted by atomic mass is 9.92. The summed E-state index contributed by atoms with van der Waals surface area (Å²) in [5.74, 6) is -1.90. The Bertz CT molecular complexity index is 1390. The third-order valence-corrected chi connectivity index (χ3v) is 5.12. The first-order valence-electron chi connectivity index (χ1n) is 10.8. The maximum atomic E-state index is 9.82. The molecule has 4 rings (SSSR count). The summed E-state index contributed by atoms with van der Waals surface area (Å²) in [6.45, 7) is 2.53. The third kappa shape index (κ3) is 2.52. The van der Waals surface area contributed by atoms with Crippen molar-refractivity contribution in [2.45, 2.75) is 33.5 Å². The highest BCUT2D eigenvalue weighted by atomic mass is 16.3. The molecule has 27 heavy (non-hydrogen) atoms. The highest BCUT2D eigenvalue weighted by molar-refractivity contribution is 6.13. The zero-order valence-corrected chi connectivity index (χ0v) is 15.8. The number of nitrogens with zero attached hydrogens (tertiary/aromatic N) is 2. The first-order chi connectivity index (χ1) is 14.5. The molecule has 0 fully saturated rings. The van der Waals surface area contributed by atoms with Gasteiger partial charge in [0, 0.05) is 34.0 Å². The monoisotopic (exact) mass is 359 g/mol. The number of benzene rings is 2. The van der Waals surface area contributed by atoms with Crippen LogP contribution >= 0.6 is 0 Å². The van der Waals surface area contributed by atoms with Gasteiger partial charge in [-0.1, -0.05) is 25.9 Å². The molecule has 3 heteroatoms. The molecule has 0 bridgehead atoms. The van der Waals surface area contributed by atoms with Gasteiger partial charge < -0.3 is 4.42 Å². The Kier molecular flexibility index (Phi) is 3.03. The lowest BCUT2D eigenvalue weighted by Gasteiger charge is -2.11. The van der Waals surface area contributed by atoms with E-state index in [2.05, 4.69) is 6.07 Å². The van der Waals surface area contributed by atoms with E-state index in [1.54, 1.807) is 13.0 Å². The van der Waals surface area contributed by atoms with Crippen LogP contribution in [0.5, 0.6) is 0 Å². The van der Waals surface area contributed by atoms with Crippen molar-refractivity contribution in [2.75, 3.05) is 0 Å². The van der Waals surface area contributed by atoms with Crippen molar-refractivity contribution >= 4 is 21.9 Å². The number of aromatic nitrogens is 1. The fourth-order valence-electron chi connectivity index (χ4n) is 3.90. The van der Waals surface area contributed by atoms with Gasteiger partial charge in [0.05, 0.1) is 17.2 Å². The van der Waals surface area contributed by atoms with E-state index in [1.807, 2.05) is 55.1 Å². The van der Waals surface area contributed by atoms with Crippen LogP contribution in [0.2, 0.25) is 0 Å². The summed E-state index contributed by atoms with van der Waals surface area (Å²) in [4.78, 5) is 0. The summed E-state index contributed by atoms with van der Waals surface area (Å²) in [5.41, 5.74) is 4.94. The average Bonchev–Trinajstić information content (AvgIpc) is 3.05. The van der Waals surface area contributed by atoms with Gasteiger partial charge in [-0.3, -0.25) is 0 Å². The van der Waals surface area contributed by atoms with E-state index in [0.717, 1.165) is 22.2 Å². The maximum Gasteiger partial charge on any atom is 0.216 e. The van der Waals surface area contributed by atoms with Crippen molar-refractivity contribution in [3.05, 3.63) is 64.8 Å². The molecular formula is C24H23N2O+. The SMILES string of the molecule is [2H]C([2H])([2H])C([2H])(C)c1c(C)cc(C#N)c2c1oc1c(-c3cccc[n+]3C)c(C)ccc12. The predicted octanol–water partition coefficient (Wildman–Crippen LogP) is 5.69. The van der Waals surface area contributed by atoms with E-state index in [1.165, 1.54) is 6.92 Å². The fraction of sp³-hybridized carbons (Fsp3) is 0.250. The second-order valence-corrected chi connectivity index (χ2v) is 6.99. The molecule has 3 nitrogen and oxygen atoms in total. The largest absolute Gasteiger partial charge is 0.455 e. The smallest absolute Gasteiger partial charge is 0.216 e. The van der Waals surface area contributed by atoms with Gasteiger partial charge >= 0.3 is 0 Å². The van der Waals surface area contributed by atoms with Crippen molar-refractivity contribution in [2.24, 2.45) is 7.05 Å². The van der Waals surface area contributed by atoms with Crippen LogP contribution in [0.3, 0.4) is 0 Å². The Morgan fingerprint density at radius 2 is 2.00 bits per heavy atom. The van der Waals surface area contributed by atoms with E-state index in [4.69, 9.17) is 9.90 Å². The van der Waals surface area contributed by atoms with E-state index in [-0.39, 0.29) is 0 Å². The number of furan rings is 1. The molecule has 0 spiro atoms. The van der Waals surface area contributed by atoms with Crippen LogP contribution in [0.15, 0.2) is 47.0 Å². The molecule has 2 aromatic carbocycles. The van der Waals surface area contributed by atoms with Crippen LogP contribution in [0.4, 0.5) is 0 Å². The molecule has 4 aromatic rings. The Morgan fingerprint density at radius 1 is 1.19 bits per heavy atom. The zero-order valence-electron chi connectivity index (χ0n) is 19.8. The second kappa shape index (κ2) is 6.25. The summed E-state index contributed by atoms with van der Waals surface area (Å²) in [6, 6.07) is 13.6. The summed E-state index contributed by atoms with van der Waals surface area (Å²) >= 11 is 0. The molecule has 0 saturated heterocycles. The number of rotatable bonds is 2. The lowest BCUT2D eigenvalue weighted by molar-refractivity contribution is -0.660. The molecule has 0 radical (unpaired) electrons. The van der Waals surface area contributed by atoms with Gasteiger partial charge in [-0.15, -0.1) is 0 Å². The van der Waals surface area contributed by atoms with Crippen molar-refractivity contribution in [3.63, 3.8) is 0 Å². The van der Waals surface area contributed by atoms with Crippen LogP contribution < -0.4 is 4.57 Å². The first kappa shape index (κ1) is 13.1. The molecule has 0 N–H and O–H groups in total. The molecule has 1 unspecified atom stereocenters. The Balaban J connectivity index is 2.24. The van der Waals surface area contributed by atoms with Gasteiger partial charge in [0.15, 0.2) is 6.20 Å². The quantitative estimate of drug-likeness (QED) is 0.431.